The number of nitrogens with one attached hydrogen (secondary N) is 1. The fourth-order valence-corrected chi connectivity index (χ4v) is 1.63. The zero-order chi connectivity index (χ0) is 10.9. The van der Waals surface area contributed by atoms with Gasteiger partial charge in [-0.3, -0.25) is 4.79 Å². The van der Waals surface area contributed by atoms with E-state index in [0.717, 1.165) is 0 Å². The lowest BCUT2D eigenvalue weighted by atomic mass is 10.1. The van der Waals surface area contributed by atoms with E-state index in [4.69, 9.17) is 5.11 Å². The Hall–Kier alpha value is -1.26. The number of likely N-dealkylation sites (tertiary alicyclic amines) is 1. The van der Waals surface area contributed by atoms with Crippen LogP contribution < -0.4 is 5.32 Å². The highest BCUT2D eigenvalue weighted by atomic mass is 16.4. The maximum absolute atomic E-state index is 11.7. The third-order valence-electron chi connectivity index (χ3n) is 2.31. The Morgan fingerprint density at radius 2 is 2.14 bits per heavy atom. The van der Waals surface area contributed by atoms with Crippen molar-refractivity contribution in [3.63, 3.8) is 0 Å². The van der Waals surface area contributed by atoms with Gasteiger partial charge in [0.25, 0.3) is 0 Å². The molecule has 1 unspecified atom stereocenters. The van der Waals surface area contributed by atoms with Crippen molar-refractivity contribution in [2.24, 2.45) is 0 Å². The van der Waals surface area contributed by atoms with Crippen LogP contribution in [0.1, 0.15) is 27.2 Å². The van der Waals surface area contributed by atoms with E-state index < -0.39 is 12.1 Å². The second-order valence-corrected chi connectivity index (χ2v) is 4.45. The minimum atomic E-state index is -1.14. The summed E-state index contributed by atoms with van der Waals surface area (Å²) >= 11 is 0. The summed E-state index contributed by atoms with van der Waals surface area (Å²) in [6, 6.07) is -0.563. The third kappa shape index (κ3) is 2.16. The lowest BCUT2D eigenvalue weighted by molar-refractivity contribution is -0.133. The summed E-state index contributed by atoms with van der Waals surface area (Å²) in [6.07, 6.45) is -0.582. The van der Waals surface area contributed by atoms with Crippen molar-refractivity contribution in [2.45, 2.75) is 38.8 Å². The number of amides is 2. The maximum atomic E-state index is 11.7. The third-order valence-corrected chi connectivity index (χ3v) is 2.31. The number of carboxylic acid groups (broad SMARTS) is 1. The van der Waals surface area contributed by atoms with Crippen molar-refractivity contribution in [3.8, 4) is 0 Å². The van der Waals surface area contributed by atoms with Crippen LogP contribution in [0.3, 0.4) is 0 Å². The van der Waals surface area contributed by atoms with Crippen molar-refractivity contribution in [2.75, 3.05) is 6.54 Å². The fourth-order valence-electron chi connectivity index (χ4n) is 1.63. The van der Waals surface area contributed by atoms with Gasteiger partial charge in [0, 0.05) is 12.1 Å². The van der Waals surface area contributed by atoms with E-state index in [9.17, 15) is 9.59 Å². The molecule has 0 spiro atoms. The normalized spacial score (nSPS) is 22.6. The van der Waals surface area contributed by atoms with Crippen LogP contribution in [0.25, 0.3) is 0 Å². The Morgan fingerprint density at radius 1 is 1.57 bits per heavy atom. The lowest BCUT2D eigenvalue weighted by Gasteiger charge is -2.31. The molecular weight excluding hydrogens is 184 g/mol. The molecule has 2 amide bonds. The van der Waals surface area contributed by atoms with Crippen LogP contribution in [0.15, 0.2) is 0 Å². The summed E-state index contributed by atoms with van der Waals surface area (Å²) in [5.41, 5.74) is -0.230. The molecule has 0 aromatic carbocycles. The van der Waals surface area contributed by atoms with Crippen LogP contribution in [0.4, 0.5) is 4.79 Å². The summed E-state index contributed by atoms with van der Waals surface area (Å²) in [6.45, 7) is 6.43. The summed E-state index contributed by atoms with van der Waals surface area (Å²) in [7, 11) is 0. The SMILES string of the molecule is CC(C)(C)N1CCC(NC(=O)O)C1=O. The molecule has 0 aliphatic carbocycles. The highest BCUT2D eigenvalue weighted by Crippen LogP contribution is 2.21. The Balaban J connectivity index is 2.65. The number of nitrogens with zero attached hydrogens (tertiary/aromatic N) is 1. The molecule has 1 aliphatic heterocycles. The van der Waals surface area contributed by atoms with Gasteiger partial charge in [0.1, 0.15) is 6.04 Å². The van der Waals surface area contributed by atoms with Gasteiger partial charge in [-0.1, -0.05) is 0 Å². The van der Waals surface area contributed by atoms with E-state index in [-0.39, 0.29) is 11.4 Å². The minimum Gasteiger partial charge on any atom is -0.465 e. The molecule has 1 heterocycles. The van der Waals surface area contributed by atoms with Crippen molar-refractivity contribution in [1.29, 1.82) is 0 Å². The molecule has 1 rings (SSSR count). The molecule has 1 fully saturated rings. The summed E-state index contributed by atoms with van der Waals surface area (Å²) in [5.74, 6) is -0.125. The van der Waals surface area contributed by atoms with Crippen LogP contribution in [-0.4, -0.2) is 40.1 Å². The molecule has 0 aromatic rings. The molecule has 2 N–H and O–H groups in total. The van der Waals surface area contributed by atoms with Gasteiger partial charge >= 0.3 is 6.09 Å². The van der Waals surface area contributed by atoms with E-state index in [1.54, 1.807) is 4.90 Å². The number of rotatable bonds is 1. The second kappa shape index (κ2) is 3.48. The van der Waals surface area contributed by atoms with Gasteiger partial charge in [-0.2, -0.15) is 0 Å². The molecule has 5 heteroatoms. The molecule has 1 saturated heterocycles. The first-order valence-corrected chi connectivity index (χ1v) is 4.63. The molecule has 1 atom stereocenters. The highest BCUT2D eigenvalue weighted by molar-refractivity contribution is 5.87. The van der Waals surface area contributed by atoms with E-state index in [1.807, 2.05) is 20.8 Å². The lowest BCUT2D eigenvalue weighted by Crippen LogP contribution is -2.47. The Labute approximate surface area is 83.1 Å². The minimum absolute atomic E-state index is 0.125. The van der Waals surface area contributed by atoms with Gasteiger partial charge in [-0.05, 0) is 27.2 Å². The van der Waals surface area contributed by atoms with Gasteiger partial charge in [0.15, 0.2) is 0 Å². The molecular formula is C9H16N2O3. The second-order valence-electron chi connectivity index (χ2n) is 4.45. The molecule has 1 aliphatic rings. The smallest absolute Gasteiger partial charge is 0.405 e. The van der Waals surface area contributed by atoms with E-state index in [0.29, 0.717) is 13.0 Å². The van der Waals surface area contributed by atoms with Crippen LogP contribution in [0.2, 0.25) is 0 Å². The topological polar surface area (TPSA) is 69.6 Å². The zero-order valence-electron chi connectivity index (χ0n) is 8.70. The van der Waals surface area contributed by atoms with Crippen LogP contribution in [0.5, 0.6) is 0 Å². The largest absolute Gasteiger partial charge is 0.465 e. The first kappa shape index (κ1) is 10.8. The summed E-state index contributed by atoms with van der Waals surface area (Å²) in [4.78, 5) is 23.8. The molecule has 0 aromatic heterocycles. The molecule has 5 nitrogen and oxygen atoms in total. The Kier molecular flexibility index (Phi) is 2.69. The first-order valence-electron chi connectivity index (χ1n) is 4.63. The van der Waals surface area contributed by atoms with E-state index in [2.05, 4.69) is 5.32 Å². The van der Waals surface area contributed by atoms with Crippen molar-refractivity contribution in [3.05, 3.63) is 0 Å². The van der Waals surface area contributed by atoms with Gasteiger partial charge in [0.2, 0.25) is 5.91 Å². The predicted octanol–water partition coefficient (Wildman–Crippen LogP) is 0.653. The summed E-state index contributed by atoms with van der Waals surface area (Å²) in [5, 5.41) is 10.7. The number of carbonyl (C=O) groups is 2. The van der Waals surface area contributed by atoms with Gasteiger partial charge in [-0.15, -0.1) is 0 Å². The standard InChI is InChI=1S/C9H16N2O3/c1-9(2,3)11-5-4-6(7(11)12)10-8(13)14/h6,10H,4-5H2,1-3H3,(H,13,14). The first-order chi connectivity index (χ1) is 6.32. The zero-order valence-corrected chi connectivity index (χ0v) is 8.70. The van der Waals surface area contributed by atoms with Crippen LogP contribution in [-0.2, 0) is 4.79 Å². The van der Waals surface area contributed by atoms with Gasteiger partial charge < -0.3 is 15.3 Å². The number of hydrogen-bond acceptors (Lipinski definition) is 2. The Morgan fingerprint density at radius 3 is 2.50 bits per heavy atom. The average Bonchev–Trinajstić information content (AvgIpc) is 2.30. The number of carbonyl (C=O) groups excluding carboxylic acids is 1. The summed E-state index contributed by atoms with van der Waals surface area (Å²) < 4.78 is 0. The van der Waals surface area contributed by atoms with Gasteiger partial charge in [0.05, 0.1) is 0 Å². The van der Waals surface area contributed by atoms with Crippen LogP contribution in [0, 0.1) is 0 Å². The Bertz CT molecular complexity index is 257. The maximum Gasteiger partial charge on any atom is 0.405 e. The van der Waals surface area contributed by atoms with Crippen molar-refractivity contribution in [1.82, 2.24) is 10.2 Å². The molecule has 0 saturated carbocycles. The van der Waals surface area contributed by atoms with Crippen molar-refractivity contribution < 1.29 is 14.7 Å². The van der Waals surface area contributed by atoms with E-state index in [1.165, 1.54) is 0 Å². The van der Waals surface area contributed by atoms with Gasteiger partial charge in [-0.25, -0.2) is 4.79 Å². The molecule has 14 heavy (non-hydrogen) atoms. The quantitative estimate of drug-likeness (QED) is 0.653. The highest BCUT2D eigenvalue weighted by Gasteiger charge is 2.38. The molecule has 0 bridgehead atoms. The predicted molar refractivity (Wildman–Crippen MR) is 51.0 cm³/mol. The molecule has 0 radical (unpaired) electrons. The fraction of sp³-hybridized carbons (Fsp3) is 0.778. The number of hydrogen-bond donors (Lipinski definition) is 2. The van der Waals surface area contributed by atoms with Crippen molar-refractivity contribution >= 4 is 12.0 Å². The average molecular weight is 200 g/mol. The van der Waals surface area contributed by atoms with E-state index >= 15 is 0 Å². The van der Waals surface area contributed by atoms with Crippen LogP contribution >= 0.6 is 0 Å². The monoisotopic (exact) mass is 200 g/mol. The molecule has 80 valence electrons.